The summed E-state index contributed by atoms with van der Waals surface area (Å²) in [6.45, 7) is 4.02. The first-order valence-electron chi connectivity index (χ1n) is 14.3. The number of rotatable bonds is 14. The zero-order valence-electron chi connectivity index (χ0n) is 24.3. The molecule has 2 heterocycles. The maximum atomic E-state index is 12.4. The van der Waals surface area contributed by atoms with Crippen LogP contribution in [-0.4, -0.2) is 84.0 Å². The van der Waals surface area contributed by atoms with Crippen LogP contribution in [0, 0.1) is 17.8 Å². The van der Waals surface area contributed by atoms with Gasteiger partial charge in [0.1, 0.15) is 5.75 Å². The van der Waals surface area contributed by atoms with Crippen molar-refractivity contribution in [2.45, 2.75) is 57.3 Å². The highest BCUT2D eigenvalue weighted by atomic mass is 19.1. The molecule has 10 heteroatoms. The number of hydrogen-bond acceptors (Lipinski definition) is 6. The minimum absolute atomic E-state index is 0.0994. The second-order valence-electron chi connectivity index (χ2n) is 10.9. The number of benzene rings is 1. The second-order valence-corrected chi connectivity index (χ2v) is 10.9. The van der Waals surface area contributed by atoms with Gasteiger partial charge < -0.3 is 19.3 Å². The fourth-order valence-electron chi connectivity index (χ4n) is 5.49. The molecule has 2 aliphatic rings. The molecule has 1 aromatic heterocycles. The van der Waals surface area contributed by atoms with Crippen LogP contribution in [0.2, 0.25) is 5.72 Å². The molecule has 0 bridgehead atoms. The summed E-state index contributed by atoms with van der Waals surface area (Å²) < 4.78 is 20.7. The Kier molecular flexibility index (Phi) is 13.2. The average molecular weight is 548 g/mol. The van der Waals surface area contributed by atoms with Crippen molar-refractivity contribution in [3.05, 3.63) is 47.8 Å². The standard InChI is InChI=1S/C29H40B2N4O3.CH3F/c1-34(12-3-4-27(30)31)28(36)16-21-5-7-25(8-6-21)38-15-11-24-17-26(24)23-9-13-35(14-10-23)29-32-18-22(19-33-29)20-37-2;1-2/h5-8,18-19,23-24,26-27H,3-4,9-17,20H2,1-2H3;1H3. The molecule has 1 amide bonds. The van der Waals surface area contributed by atoms with Crippen molar-refractivity contribution in [2.24, 2.45) is 17.8 Å². The van der Waals surface area contributed by atoms with Crippen LogP contribution in [0.3, 0.4) is 0 Å². The van der Waals surface area contributed by atoms with E-state index in [9.17, 15) is 9.18 Å². The number of carbonyl (C=O) groups is 1. The minimum Gasteiger partial charge on any atom is -0.494 e. The van der Waals surface area contributed by atoms with Gasteiger partial charge in [0, 0.05) is 51.7 Å². The van der Waals surface area contributed by atoms with Crippen LogP contribution in [0.4, 0.5) is 10.3 Å². The molecular formula is C30H43B2FN4O3. The molecule has 2 fully saturated rings. The summed E-state index contributed by atoms with van der Waals surface area (Å²) in [5.41, 5.74) is 1.68. The molecule has 0 N–H and O–H groups in total. The number of methoxy groups -OCH3 is 1. The number of likely N-dealkylation sites (N-methyl/N-ethyl adjacent to an activating group) is 1. The number of hydrogen-bond donors (Lipinski definition) is 0. The SMILES string of the molecule is CF.[B]C([B])CCCN(C)C(=O)Cc1ccc(OCCC2CC2C2CCN(c3ncc(COC)cn3)CC2)cc1. The van der Waals surface area contributed by atoms with Crippen molar-refractivity contribution in [3.63, 3.8) is 0 Å². The lowest BCUT2D eigenvalue weighted by Crippen LogP contribution is -2.35. The van der Waals surface area contributed by atoms with Crippen molar-refractivity contribution >= 4 is 27.5 Å². The quantitative estimate of drug-likeness (QED) is 0.327. The average Bonchev–Trinajstić information content (AvgIpc) is 3.75. The zero-order valence-corrected chi connectivity index (χ0v) is 24.3. The molecule has 4 radical (unpaired) electrons. The first-order chi connectivity index (χ1) is 19.4. The fourth-order valence-corrected chi connectivity index (χ4v) is 5.49. The van der Waals surface area contributed by atoms with Crippen LogP contribution in [0.5, 0.6) is 5.75 Å². The van der Waals surface area contributed by atoms with Gasteiger partial charge in [-0.05, 0) is 67.6 Å². The smallest absolute Gasteiger partial charge is 0.226 e. The molecule has 7 nitrogen and oxygen atoms in total. The van der Waals surface area contributed by atoms with Gasteiger partial charge in [-0.2, -0.15) is 0 Å². The number of ether oxygens (including phenoxy) is 2. The van der Waals surface area contributed by atoms with Crippen LogP contribution in [0.15, 0.2) is 36.7 Å². The number of piperidine rings is 1. The third-order valence-electron chi connectivity index (χ3n) is 7.90. The summed E-state index contributed by atoms with van der Waals surface area (Å²) in [7, 11) is 15.2. The summed E-state index contributed by atoms with van der Waals surface area (Å²) in [6, 6.07) is 7.92. The van der Waals surface area contributed by atoms with Crippen LogP contribution in [-0.2, 0) is 22.6 Å². The molecule has 2 unspecified atom stereocenters. The molecule has 1 aliphatic heterocycles. The molecule has 2 aromatic rings. The highest BCUT2D eigenvalue weighted by molar-refractivity contribution is 6.35. The predicted octanol–water partition coefficient (Wildman–Crippen LogP) is 4.39. The van der Waals surface area contributed by atoms with Crippen LogP contribution in [0.1, 0.15) is 49.7 Å². The van der Waals surface area contributed by atoms with Gasteiger partial charge in [0.05, 0.1) is 42.5 Å². The van der Waals surface area contributed by atoms with E-state index in [1.807, 2.05) is 43.7 Å². The van der Waals surface area contributed by atoms with Gasteiger partial charge in [-0.25, -0.2) is 9.97 Å². The number of aromatic nitrogens is 2. The lowest BCUT2D eigenvalue weighted by molar-refractivity contribution is -0.129. The highest BCUT2D eigenvalue weighted by Crippen LogP contribution is 2.49. The van der Waals surface area contributed by atoms with E-state index in [1.54, 1.807) is 12.0 Å². The van der Waals surface area contributed by atoms with Crippen molar-refractivity contribution in [1.29, 1.82) is 0 Å². The Morgan fingerprint density at radius 1 is 1.12 bits per heavy atom. The van der Waals surface area contributed by atoms with Gasteiger partial charge in [0.2, 0.25) is 11.9 Å². The molecule has 0 spiro atoms. The lowest BCUT2D eigenvalue weighted by Gasteiger charge is -2.32. The molecule has 1 saturated carbocycles. The summed E-state index contributed by atoms with van der Waals surface area (Å²) in [4.78, 5) is 25.5. The van der Waals surface area contributed by atoms with E-state index >= 15 is 0 Å². The molecule has 40 heavy (non-hydrogen) atoms. The van der Waals surface area contributed by atoms with Crippen LogP contribution >= 0.6 is 0 Å². The monoisotopic (exact) mass is 548 g/mol. The fraction of sp³-hybridized carbons (Fsp3) is 0.633. The summed E-state index contributed by atoms with van der Waals surface area (Å²) in [5.74, 6) is 4.20. The number of alkyl halides is 1. The highest BCUT2D eigenvalue weighted by Gasteiger charge is 2.43. The molecular weight excluding hydrogens is 505 g/mol. The van der Waals surface area contributed by atoms with Gasteiger partial charge in [-0.1, -0.05) is 18.6 Å². The summed E-state index contributed by atoms with van der Waals surface area (Å²) in [6.07, 6.45) is 10.5. The Labute approximate surface area is 242 Å². The lowest BCUT2D eigenvalue weighted by atomic mass is 9.68. The van der Waals surface area contributed by atoms with Crippen molar-refractivity contribution in [1.82, 2.24) is 14.9 Å². The Morgan fingerprint density at radius 2 is 1.80 bits per heavy atom. The van der Waals surface area contributed by atoms with Gasteiger partial charge in [-0.15, -0.1) is 5.72 Å². The number of nitrogens with zero attached hydrogens (tertiary/aromatic N) is 4. The van der Waals surface area contributed by atoms with Crippen molar-refractivity contribution < 1.29 is 18.7 Å². The van der Waals surface area contributed by atoms with Crippen molar-refractivity contribution in [2.75, 3.05) is 52.5 Å². The summed E-state index contributed by atoms with van der Waals surface area (Å²) >= 11 is 0. The van der Waals surface area contributed by atoms with E-state index in [-0.39, 0.29) is 11.6 Å². The molecule has 1 aliphatic carbocycles. The first kappa shape index (κ1) is 31.9. The Hall–Kier alpha value is -2.61. The number of carbonyl (C=O) groups excluding carboxylic acids is 1. The van der Waals surface area contributed by atoms with Gasteiger partial charge in [0.25, 0.3) is 0 Å². The maximum absolute atomic E-state index is 12.4. The third kappa shape index (κ3) is 10.1. The largest absolute Gasteiger partial charge is 0.494 e. The first-order valence-corrected chi connectivity index (χ1v) is 14.3. The van der Waals surface area contributed by atoms with E-state index in [2.05, 4.69) is 14.9 Å². The Balaban J connectivity index is 0.00000216. The predicted molar refractivity (Wildman–Crippen MR) is 159 cm³/mol. The molecule has 1 saturated heterocycles. The number of amides is 1. The summed E-state index contributed by atoms with van der Waals surface area (Å²) in [5, 5.41) is 0. The van der Waals surface area contributed by atoms with Crippen molar-refractivity contribution in [3.8, 4) is 5.75 Å². The normalized spacial score (nSPS) is 18.7. The molecule has 214 valence electrons. The van der Waals surface area contributed by atoms with Crippen LogP contribution < -0.4 is 9.64 Å². The third-order valence-corrected chi connectivity index (χ3v) is 7.90. The van der Waals surface area contributed by atoms with Gasteiger partial charge >= 0.3 is 0 Å². The number of anilines is 1. The zero-order chi connectivity index (χ0) is 28.9. The van der Waals surface area contributed by atoms with E-state index < -0.39 is 0 Å². The number of halogens is 1. The van der Waals surface area contributed by atoms with E-state index in [0.29, 0.717) is 33.2 Å². The van der Waals surface area contributed by atoms with Gasteiger partial charge in [0.15, 0.2) is 0 Å². The van der Waals surface area contributed by atoms with E-state index in [4.69, 9.17) is 25.2 Å². The topological polar surface area (TPSA) is 67.8 Å². The Bertz CT molecular complexity index is 1010. The second kappa shape index (κ2) is 16.6. The van der Waals surface area contributed by atoms with E-state index in [0.717, 1.165) is 73.1 Å². The molecule has 2 atom stereocenters. The Morgan fingerprint density at radius 3 is 2.42 bits per heavy atom. The van der Waals surface area contributed by atoms with Crippen LogP contribution in [0.25, 0.3) is 0 Å². The van der Waals surface area contributed by atoms with Gasteiger partial charge in [-0.3, -0.25) is 9.18 Å². The van der Waals surface area contributed by atoms with E-state index in [1.165, 1.54) is 19.3 Å². The minimum atomic E-state index is -0.318. The molecule has 4 rings (SSSR count). The maximum Gasteiger partial charge on any atom is 0.226 e. The molecule has 1 aromatic carbocycles.